The third kappa shape index (κ3) is 6.69. The first-order valence-electron chi connectivity index (χ1n) is 13.2. The van der Waals surface area contributed by atoms with Gasteiger partial charge in [0.15, 0.2) is 0 Å². The van der Waals surface area contributed by atoms with Gasteiger partial charge in [-0.05, 0) is 40.0 Å². The van der Waals surface area contributed by atoms with Crippen molar-refractivity contribution in [3.8, 4) is 0 Å². The minimum Gasteiger partial charge on any atom is -0.402 e. The fourth-order valence-electron chi connectivity index (χ4n) is 5.08. The number of alkyl halides is 1. The fourth-order valence-corrected chi connectivity index (χ4v) is 12.2. The molecule has 1 N–H and O–H groups in total. The van der Waals surface area contributed by atoms with Crippen LogP contribution in [0.2, 0.25) is 5.04 Å². The summed E-state index contributed by atoms with van der Waals surface area (Å²) in [5.41, 5.74) is 1.91. The Labute approximate surface area is 245 Å². The van der Waals surface area contributed by atoms with Crippen LogP contribution < -0.4 is 10.4 Å². The fraction of sp³-hybridized carbons (Fsp3) is 0.273. The summed E-state index contributed by atoms with van der Waals surface area (Å²) in [6.07, 6.45) is -1.39. The molecule has 0 fully saturated rings. The zero-order chi connectivity index (χ0) is 28.0. The molecule has 4 rings (SSSR count). The molecule has 0 aliphatic rings. The third-order valence-corrected chi connectivity index (χ3v) is 14.7. The lowest BCUT2D eigenvalue weighted by Gasteiger charge is -2.46. The van der Waals surface area contributed by atoms with Crippen LogP contribution in [-0.2, 0) is 15.2 Å². The maximum atomic E-state index is 13.8. The van der Waals surface area contributed by atoms with E-state index in [1.165, 1.54) is 0 Å². The number of halogens is 1. The van der Waals surface area contributed by atoms with E-state index in [1.807, 2.05) is 73.7 Å². The first-order chi connectivity index (χ1) is 18.6. The quantitative estimate of drug-likeness (QED) is 0.162. The van der Waals surface area contributed by atoms with Gasteiger partial charge in [-0.3, -0.25) is 4.21 Å². The van der Waals surface area contributed by atoms with E-state index < -0.39 is 36.2 Å². The number of aliphatic hydroxyl groups is 1. The summed E-state index contributed by atoms with van der Waals surface area (Å²) in [6, 6.07) is 38.2. The molecule has 204 valence electrons. The molecule has 0 saturated carbocycles. The highest BCUT2D eigenvalue weighted by molar-refractivity contribution is 9.09. The molecule has 1 unspecified atom stereocenters. The lowest BCUT2D eigenvalue weighted by atomic mass is 10.0. The van der Waals surface area contributed by atoms with Gasteiger partial charge in [-0.15, -0.1) is 0 Å². The van der Waals surface area contributed by atoms with Gasteiger partial charge in [-0.25, -0.2) is 0 Å². The smallest absolute Gasteiger partial charge is 0.261 e. The predicted molar refractivity (Wildman–Crippen MR) is 169 cm³/mol. The molecule has 4 aromatic carbocycles. The molecule has 4 atom stereocenters. The Morgan fingerprint density at radius 2 is 1.26 bits per heavy atom. The van der Waals surface area contributed by atoms with Crippen molar-refractivity contribution in [3.63, 3.8) is 0 Å². The topological polar surface area (TPSA) is 46.5 Å². The number of hydrogen-bond donors (Lipinski definition) is 1. The molecule has 0 spiro atoms. The van der Waals surface area contributed by atoms with E-state index in [-0.39, 0.29) is 10.8 Å². The maximum Gasteiger partial charge on any atom is 0.261 e. The second-order valence-corrected chi connectivity index (χ2v) is 17.8. The van der Waals surface area contributed by atoms with Crippen molar-refractivity contribution in [2.24, 2.45) is 0 Å². The number of rotatable bonds is 10. The van der Waals surface area contributed by atoms with Crippen LogP contribution in [0.5, 0.6) is 0 Å². The summed E-state index contributed by atoms with van der Waals surface area (Å²) in [5, 5.41) is 13.5. The van der Waals surface area contributed by atoms with Gasteiger partial charge in [0.05, 0.1) is 33.6 Å². The summed E-state index contributed by atoms with van der Waals surface area (Å²) in [6.45, 7) is 8.70. The van der Waals surface area contributed by atoms with Crippen molar-refractivity contribution in [2.75, 3.05) is 5.75 Å². The van der Waals surface area contributed by atoms with Gasteiger partial charge in [-0.1, -0.05) is 145 Å². The van der Waals surface area contributed by atoms with Crippen molar-refractivity contribution in [1.29, 1.82) is 0 Å². The Kier molecular flexibility index (Phi) is 9.78. The van der Waals surface area contributed by atoms with Crippen LogP contribution in [0.1, 0.15) is 38.0 Å². The second kappa shape index (κ2) is 12.9. The zero-order valence-corrected chi connectivity index (χ0v) is 26.4. The summed E-state index contributed by atoms with van der Waals surface area (Å²) in [5.74, 6) is 0.243. The second-order valence-electron chi connectivity index (χ2n) is 10.9. The van der Waals surface area contributed by atoms with Crippen molar-refractivity contribution in [3.05, 3.63) is 126 Å². The molecule has 0 aliphatic heterocycles. The molecule has 0 amide bonds. The van der Waals surface area contributed by atoms with Gasteiger partial charge in [0, 0.05) is 4.90 Å². The van der Waals surface area contributed by atoms with Crippen molar-refractivity contribution in [1.82, 2.24) is 0 Å². The average Bonchev–Trinajstić information content (AvgIpc) is 2.95. The Morgan fingerprint density at radius 1 is 0.795 bits per heavy atom. The Balaban J connectivity index is 1.84. The van der Waals surface area contributed by atoms with Crippen molar-refractivity contribution in [2.45, 2.75) is 54.7 Å². The summed E-state index contributed by atoms with van der Waals surface area (Å²) in [4.78, 5) is 0.265. The van der Waals surface area contributed by atoms with Gasteiger partial charge < -0.3 is 9.53 Å². The van der Waals surface area contributed by atoms with E-state index in [4.69, 9.17) is 4.43 Å². The Hall–Kier alpha value is -2.35. The Bertz CT molecular complexity index is 1300. The van der Waals surface area contributed by atoms with Gasteiger partial charge >= 0.3 is 0 Å². The monoisotopic (exact) mass is 620 g/mol. The Morgan fingerprint density at radius 3 is 1.72 bits per heavy atom. The highest BCUT2D eigenvalue weighted by Crippen LogP contribution is 2.40. The highest BCUT2D eigenvalue weighted by Gasteiger charge is 2.52. The molecule has 0 radical (unpaired) electrons. The maximum absolute atomic E-state index is 13.8. The third-order valence-electron chi connectivity index (χ3n) is 7.14. The van der Waals surface area contributed by atoms with Crippen molar-refractivity contribution < 1.29 is 13.7 Å². The molecule has 39 heavy (non-hydrogen) atoms. The van der Waals surface area contributed by atoms with Gasteiger partial charge in [-0.2, -0.15) is 0 Å². The number of benzene rings is 4. The standard InChI is InChI=1S/C33H37BrO3SSi/c1-25-20-22-27(23-21-25)38(36)24-30(31(34)32(35)26-14-8-5-9-15-26)37-39(33(2,3)4,28-16-10-6-11-17-28)29-18-12-7-13-19-29/h5-23,30-32,35H,24H2,1-4H3/t30-,31+,32-,38?/m0/s1. The number of aryl methyl sites for hydroxylation is 1. The predicted octanol–water partition coefficient (Wildman–Crippen LogP) is 6.54. The minimum atomic E-state index is -2.97. The molecule has 0 heterocycles. The van der Waals surface area contributed by atoms with Crippen LogP contribution >= 0.6 is 15.9 Å². The van der Waals surface area contributed by atoms with Gasteiger partial charge in [0.25, 0.3) is 8.32 Å². The minimum absolute atomic E-state index is 0.243. The van der Waals surface area contributed by atoms with Gasteiger partial charge in [0.2, 0.25) is 0 Å². The molecule has 0 aliphatic carbocycles. The molecular weight excluding hydrogens is 584 g/mol. The van der Waals surface area contributed by atoms with E-state index in [0.29, 0.717) is 0 Å². The van der Waals surface area contributed by atoms with Crippen LogP contribution in [0, 0.1) is 6.92 Å². The van der Waals surface area contributed by atoms with E-state index in [0.717, 1.165) is 26.4 Å². The highest BCUT2D eigenvalue weighted by atomic mass is 79.9. The molecule has 6 heteroatoms. The number of aliphatic hydroxyl groups excluding tert-OH is 1. The molecule has 0 aromatic heterocycles. The normalized spacial score (nSPS) is 15.3. The van der Waals surface area contributed by atoms with Gasteiger partial charge in [0.1, 0.15) is 0 Å². The van der Waals surface area contributed by atoms with Crippen LogP contribution in [0.3, 0.4) is 0 Å². The lowest BCUT2D eigenvalue weighted by Crippen LogP contribution is -2.68. The first-order valence-corrected chi connectivity index (χ1v) is 17.4. The largest absolute Gasteiger partial charge is 0.402 e. The van der Waals surface area contributed by atoms with E-state index >= 15 is 0 Å². The van der Waals surface area contributed by atoms with Crippen LogP contribution in [0.4, 0.5) is 0 Å². The summed E-state index contributed by atoms with van der Waals surface area (Å²) in [7, 11) is -4.31. The van der Waals surface area contributed by atoms with E-state index in [9.17, 15) is 9.32 Å². The van der Waals surface area contributed by atoms with E-state index in [1.54, 1.807) is 0 Å². The molecule has 3 nitrogen and oxygen atoms in total. The van der Waals surface area contributed by atoms with Crippen LogP contribution in [0.25, 0.3) is 0 Å². The molecule has 0 bridgehead atoms. The first kappa shape index (κ1) is 29.6. The summed E-state index contributed by atoms with van der Waals surface area (Å²) >= 11 is 3.84. The van der Waals surface area contributed by atoms with Crippen LogP contribution in [-0.4, -0.2) is 34.3 Å². The SMILES string of the molecule is Cc1ccc(S(=O)C[C@H](O[Si](c2ccccc2)(c2ccccc2)C(C)(C)C)[C@@H](Br)[C@@H](O)c2ccccc2)cc1. The average molecular weight is 622 g/mol. The zero-order valence-electron chi connectivity index (χ0n) is 23.0. The van der Waals surface area contributed by atoms with E-state index in [2.05, 4.69) is 85.2 Å². The van der Waals surface area contributed by atoms with Crippen LogP contribution in [0.15, 0.2) is 120 Å². The summed E-state index contributed by atoms with van der Waals surface area (Å²) < 4.78 is 21.2. The molecule has 4 aromatic rings. The lowest BCUT2D eigenvalue weighted by molar-refractivity contribution is 0.111. The molecule has 0 saturated heterocycles. The van der Waals surface area contributed by atoms with Crippen molar-refractivity contribution >= 4 is 45.4 Å². The number of hydrogen-bond acceptors (Lipinski definition) is 3. The molecular formula is C33H37BrO3SSi.